The van der Waals surface area contributed by atoms with E-state index in [1.54, 1.807) is 6.07 Å². The van der Waals surface area contributed by atoms with E-state index in [0.29, 0.717) is 18.1 Å². The molecule has 0 spiro atoms. The van der Waals surface area contributed by atoms with Crippen LogP contribution >= 0.6 is 0 Å². The topological polar surface area (TPSA) is 95.6 Å². The summed E-state index contributed by atoms with van der Waals surface area (Å²) >= 11 is 0. The summed E-state index contributed by atoms with van der Waals surface area (Å²) in [6.07, 6.45) is 3.03. The minimum atomic E-state index is -0.165. The van der Waals surface area contributed by atoms with Crippen molar-refractivity contribution in [1.82, 2.24) is 25.5 Å². The second-order valence-corrected chi connectivity index (χ2v) is 4.23. The number of aromatic amines is 1. The van der Waals surface area contributed by atoms with Crippen molar-refractivity contribution in [2.24, 2.45) is 0 Å². The molecule has 0 fully saturated rings. The Bertz CT molecular complexity index is 540. The molecule has 2 rings (SSSR count). The zero-order valence-corrected chi connectivity index (χ0v) is 11.4. The van der Waals surface area contributed by atoms with Gasteiger partial charge in [-0.05, 0) is 25.5 Å². The predicted molar refractivity (Wildman–Crippen MR) is 75.4 cm³/mol. The van der Waals surface area contributed by atoms with Crippen LogP contribution in [-0.4, -0.2) is 39.2 Å². The molecule has 7 nitrogen and oxygen atoms in total. The Morgan fingerprint density at radius 3 is 3.05 bits per heavy atom. The first-order chi connectivity index (χ1) is 9.79. The van der Waals surface area contributed by atoms with Crippen molar-refractivity contribution in [1.29, 1.82) is 0 Å². The summed E-state index contributed by atoms with van der Waals surface area (Å²) in [7, 11) is 0. The molecule has 0 aromatic carbocycles. The van der Waals surface area contributed by atoms with Crippen molar-refractivity contribution < 1.29 is 4.79 Å². The van der Waals surface area contributed by atoms with E-state index in [0.717, 1.165) is 25.2 Å². The van der Waals surface area contributed by atoms with E-state index in [-0.39, 0.29) is 5.91 Å². The number of nitrogens with zero attached hydrogens (tertiary/aromatic N) is 3. The van der Waals surface area contributed by atoms with Crippen LogP contribution in [-0.2, 0) is 6.42 Å². The highest BCUT2D eigenvalue weighted by Gasteiger charge is 2.07. The summed E-state index contributed by atoms with van der Waals surface area (Å²) in [6, 6.07) is 5.35. The van der Waals surface area contributed by atoms with Crippen LogP contribution in [0.1, 0.15) is 29.7 Å². The molecule has 2 heterocycles. The monoisotopic (exact) mass is 274 g/mol. The zero-order valence-electron chi connectivity index (χ0n) is 11.4. The van der Waals surface area contributed by atoms with Gasteiger partial charge < -0.3 is 10.6 Å². The highest BCUT2D eigenvalue weighted by atomic mass is 16.1. The average Bonchev–Trinajstić information content (AvgIpc) is 2.97. The first kappa shape index (κ1) is 14.0. The molecule has 3 N–H and O–H groups in total. The van der Waals surface area contributed by atoms with Gasteiger partial charge in [-0.25, -0.2) is 9.97 Å². The normalized spacial score (nSPS) is 10.2. The largest absolute Gasteiger partial charge is 0.370 e. The van der Waals surface area contributed by atoms with Crippen LogP contribution in [0.3, 0.4) is 0 Å². The lowest BCUT2D eigenvalue weighted by molar-refractivity contribution is 0.0948. The Balaban J connectivity index is 1.78. The van der Waals surface area contributed by atoms with Gasteiger partial charge in [0.2, 0.25) is 0 Å². The maximum absolute atomic E-state index is 11.9. The number of amides is 1. The van der Waals surface area contributed by atoms with Crippen LogP contribution in [0.4, 0.5) is 5.82 Å². The molecule has 0 aliphatic carbocycles. The minimum Gasteiger partial charge on any atom is -0.370 e. The summed E-state index contributed by atoms with van der Waals surface area (Å²) in [5, 5.41) is 12.5. The number of pyridine rings is 1. The first-order valence-corrected chi connectivity index (χ1v) is 6.63. The average molecular weight is 274 g/mol. The predicted octanol–water partition coefficient (Wildman–Crippen LogP) is 0.994. The van der Waals surface area contributed by atoms with Crippen molar-refractivity contribution in [2.45, 2.75) is 19.8 Å². The third-order valence-electron chi connectivity index (χ3n) is 2.68. The third kappa shape index (κ3) is 4.04. The number of carbonyl (C=O) groups is 1. The number of nitrogens with one attached hydrogen (secondary N) is 3. The Labute approximate surface area is 117 Å². The number of H-pyrrole nitrogens is 1. The molecule has 1 amide bonds. The lowest BCUT2D eigenvalue weighted by Gasteiger charge is -2.06. The number of anilines is 1. The van der Waals surface area contributed by atoms with Crippen LogP contribution in [0.5, 0.6) is 0 Å². The van der Waals surface area contributed by atoms with E-state index in [9.17, 15) is 4.79 Å². The van der Waals surface area contributed by atoms with Gasteiger partial charge in [0.05, 0.1) is 0 Å². The second kappa shape index (κ2) is 7.22. The van der Waals surface area contributed by atoms with Gasteiger partial charge in [0, 0.05) is 19.5 Å². The molecule has 0 aliphatic heterocycles. The lowest BCUT2D eigenvalue weighted by atomic mass is 10.3. The number of aromatic nitrogens is 4. The zero-order chi connectivity index (χ0) is 14.2. The van der Waals surface area contributed by atoms with Crippen LogP contribution in [0.15, 0.2) is 24.5 Å². The highest BCUT2D eigenvalue weighted by Crippen LogP contribution is 2.04. The Morgan fingerprint density at radius 2 is 2.30 bits per heavy atom. The van der Waals surface area contributed by atoms with Crippen molar-refractivity contribution in [3.8, 4) is 0 Å². The van der Waals surface area contributed by atoms with Crippen molar-refractivity contribution in [3.05, 3.63) is 36.0 Å². The number of aryl methyl sites for hydroxylation is 1. The summed E-state index contributed by atoms with van der Waals surface area (Å²) < 4.78 is 0. The van der Waals surface area contributed by atoms with Gasteiger partial charge >= 0.3 is 0 Å². The van der Waals surface area contributed by atoms with E-state index < -0.39 is 0 Å². The van der Waals surface area contributed by atoms with Gasteiger partial charge in [0.15, 0.2) is 0 Å². The molecule has 0 saturated carbocycles. The molecular formula is C13H18N6O. The molecule has 0 aliphatic rings. The molecule has 106 valence electrons. The fraction of sp³-hybridized carbons (Fsp3) is 0.385. The molecule has 2 aromatic rings. The van der Waals surface area contributed by atoms with Crippen molar-refractivity contribution in [3.63, 3.8) is 0 Å². The number of carbonyl (C=O) groups excluding carboxylic acids is 1. The van der Waals surface area contributed by atoms with Crippen molar-refractivity contribution in [2.75, 3.05) is 18.4 Å². The molecule has 0 atom stereocenters. The standard InChI is InChI=1S/C13H18N6O/c1-2-14-11-6-3-5-10(18-11)13(20)15-8-4-7-12-16-9-17-19-12/h3,5-6,9H,2,4,7-8H2,1H3,(H,14,18)(H,15,20)(H,16,17,19). The first-order valence-electron chi connectivity index (χ1n) is 6.63. The number of rotatable bonds is 7. The number of hydrogen-bond donors (Lipinski definition) is 3. The maximum Gasteiger partial charge on any atom is 0.269 e. The van der Waals surface area contributed by atoms with Crippen LogP contribution in [0.2, 0.25) is 0 Å². The van der Waals surface area contributed by atoms with E-state index in [2.05, 4.69) is 30.8 Å². The molecule has 7 heteroatoms. The fourth-order valence-corrected chi connectivity index (χ4v) is 1.74. The molecule has 0 unspecified atom stereocenters. The Hall–Kier alpha value is -2.44. The Morgan fingerprint density at radius 1 is 1.40 bits per heavy atom. The van der Waals surface area contributed by atoms with Gasteiger partial charge in [0.1, 0.15) is 23.7 Å². The summed E-state index contributed by atoms with van der Waals surface area (Å²) in [4.78, 5) is 20.2. The minimum absolute atomic E-state index is 0.165. The van der Waals surface area contributed by atoms with Gasteiger partial charge in [-0.2, -0.15) is 5.10 Å². The lowest BCUT2D eigenvalue weighted by Crippen LogP contribution is -2.26. The molecule has 20 heavy (non-hydrogen) atoms. The van der Waals surface area contributed by atoms with Crippen LogP contribution in [0, 0.1) is 0 Å². The van der Waals surface area contributed by atoms with E-state index in [4.69, 9.17) is 0 Å². The van der Waals surface area contributed by atoms with Gasteiger partial charge in [-0.3, -0.25) is 9.89 Å². The van der Waals surface area contributed by atoms with Crippen LogP contribution in [0.25, 0.3) is 0 Å². The quantitative estimate of drug-likeness (QED) is 0.654. The fourth-order valence-electron chi connectivity index (χ4n) is 1.74. The van der Waals surface area contributed by atoms with Crippen molar-refractivity contribution >= 4 is 11.7 Å². The van der Waals surface area contributed by atoms with Crippen LogP contribution < -0.4 is 10.6 Å². The van der Waals surface area contributed by atoms with Gasteiger partial charge in [-0.1, -0.05) is 6.07 Å². The second-order valence-electron chi connectivity index (χ2n) is 4.23. The molecular weight excluding hydrogens is 256 g/mol. The summed E-state index contributed by atoms with van der Waals surface area (Å²) in [6.45, 7) is 3.33. The summed E-state index contributed by atoms with van der Waals surface area (Å²) in [5.41, 5.74) is 0.420. The van der Waals surface area contributed by atoms with Gasteiger partial charge in [-0.15, -0.1) is 0 Å². The molecule has 2 aromatic heterocycles. The van der Waals surface area contributed by atoms with Gasteiger partial charge in [0.25, 0.3) is 5.91 Å². The maximum atomic E-state index is 11.9. The highest BCUT2D eigenvalue weighted by molar-refractivity contribution is 5.92. The molecule has 0 saturated heterocycles. The molecule has 0 radical (unpaired) electrons. The Kier molecular flexibility index (Phi) is 5.05. The van der Waals surface area contributed by atoms with E-state index in [1.807, 2.05) is 19.1 Å². The SMILES string of the molecule is CCNc1cccc(C(=O)NCCCc2ncn[nH]2)n1. The summed E-state index contributed by atoms with van der Waals surface area (Å²) in [5.74, 6) is 1.37. The smallest absolute Gasteiger partial charge is 0.269 e. The third-order valence-corrected chi connectivity index (χ3v) is 2.68. The molecule has 0 bridgehead atoms. The van der Waals surface area contributed by atoms with E-state index >= 15 is 0 Å². The van der Waals surface area contributed by atoms with E-state index in [1.165, 1.54) is 6.33 Å². The number of hydrogen-bond acceptors (Lipinski definition) is 5.